The second kappa shape index (κ2) is 6.00. The summed E-state index contributed by atoms with van der Waals surface area (Å²) in [6.45, 7) is 8.45. The van der Waals surface area contributed by atoms with Crippen LogP contribution in [0.3, 0.4) is 0 Å². The molecule has 0 saturated heterocycles. The van der Waals surface area contributed by atoms with Gasteiger partial charge in [0.05, 0.1) is 5.92 Å². The molecule has 0 unspecified atom stereocenters. The Morgan fingerprint density at radius 1 is 1.12 bits per heavy atom. The van der Waals surface area contributed by atoms with Gasteiger partial charge in [0.25, 0.3) is 0 Å². The third kappa shape index (κ3) is 3.99. The number of Topliss-reactive ketones (excluding diaryl/α,β-unsaturated/α-hetero) is 1. The van der Waals surface area contributed by atoms with E-state index >= 15 is 0 Å². The average molecular weight is 231 g/mol. The van der Waals surface area contributed by atoms with E-state index in [0.29, 0.717) is 12.2 Å². The predicted octanol–water partition coefficient (Wildman–Crippen LogP) is 4.41. The van der Waals surface area contributed by atoms with Gasteiger partial charge in [-0.3, -0.25) is 4.79 Å². The molecule has 1 aromatic carbocycles. The fourth-order valence-corrected chi connectivity index (χ4v) is 2.08. The zero-order valence-electron chi connectivity index (χ0n) is 11.4. The highest BCUT2D eigenvalue weighted by Gasteiger charge is 2.32. The van der Waals surface area contributed by atoms with Crippen molar-refractivity contribution in [1.82, 2.24) is 0 Å². The summed E-state index contributed by atoms with van der Waals surface area (Å²) in [5, 5.41) is 0. The SMILES string of the molecule is CCCCC(=O)[C](c1ccccc1)C(C)(C)C. The van der Waals surface area contributed by atoms with Gasteiger partial charge in [-0.15, -0.1) is 0 Å². The van der Waals surface area contributed by atoms with E-state index in [4.69, 9.17) is 0 Å². The molecular formula is C16H23O. The largest absolute Gasteiger partial charge is 0.299 e. The second-order valence-electron chi connectivity index (χ2n) is 5.52. The van der Waals surface area contributed by atoms with Crippen LogP contribution in [0.15, 0.2) is 30.3 Å². The van der Waals surface area contributed by atoms with Crippen LogP contribution in [0, 0.1) is 11.3 Å². The van der Waals surface area contributed by atoms with Gasteiger partial charge >= 0.3 is 0 Å². The summed E-state index contributed by atoms with van der Waals surface area (Å²) in [5.74, 6) is 1.26. The Morgan fingerprint density at radius 3 is 2.18 bits per heavy atom. The van der Waals surface area contributed by atoms with E-state index < -0.39 is 0 Å². The van der Waals surface area contributed by atoms with Crippen molar-refractivity contribution in [2.24, 2.45) is 5.41 Å². The molecule has 0 fully saturated rings. The maximum atomic E-state index is 12.3. The van der Waals surface area contributed by atoms with Crippen LogP contribution in [0.1, 0.15) is 52.5 Å². The van der Waals surface area contributed by atoms with Gasteiger partial charge in [0.15, 0.2) is 0 Å². The molecule has 1 radical (unpaired) electrons. The molecule has 0 aliphatic carbocycles. The van der Waals surface area contributed by atoms with Gasteiger partial charge in [0.2, 0.25) is 0 Å². The molecule has 0 atom stereocenters. The van der Waals surface area contributed by atoms with Crippen molar-refractivity contribution in [3.05, 3.63) is 41.8 Å². The Morgan fingerprint density at radius 2 is 1.71 bits per heavy atom. The van der Waals surface area contributed by atoms with Crippen LogP contribution >= 0.6 is 0 Å². The van der Waals surface area contributed by atoms with E-state index in [1.54, 1.807) is 0 Å². The van der Waals surface area contributed by atoms with E-state index in [9.17, 15) is 4.79 Å². The van der Waals surface area contributed by atoms with Crippen molar-refractivity contribution in [3.8, 4) is 0 Å². The van der Waals surface area contributed by atoms with Gasteiger partial charge < -0.3 is 0 Å². The molecule has 1 nitrogen and oxygen atoms in total. The van der Waals surface area contributed by atoms with Crippen LogP contribution in [0.25, 0.3) is 0 Å². The van der Waals surface area contributed by atoms with Gasteiger partial charge in [-0.25, -0.2) is 0 Å². The maximum Gasteiger partial charge on any atom is 0.145 e. The third-order valence-corrected chi connectivity index (χ3v) is 2.85. The molecule has 0 N–H and O–H groups in total. The van der Waals surface area contributed by atoms with Gasteiger partial charge in [-0.05, 0) is 17.4 Å². The van der Waals surface area contributed by atoms with Crippen LogP contribution < -0.4 is 0 Å². The zero-order chi connectivity index (χ0) is 12.9. The molecule has 0 bridgehead atoms. The van der Waals surface area contributed by atoms with Crippen molar-refractivity contribution < 1.29 is 4.79 Å². The molecule has 1 heteroatoms. The molecular weight excluding hydrogens is 208 g/mol. The van der Waals surface area contributed by atoms with Crippen LogP contribution in [0.4, 0.5) is 0 Å². The summed E-state index contributed by atoms with van der Waals surface area (Å²) in [5.41, 5.74) is 0.979. The lowest BCUT2D eigenvalue weighted by Crippen LogP contribution is -2.27. The van der Waals surface area contributed by atoms with Crippen molar-refractivity contribution in [2.45, 2.75) is 47.0 Å². The Kier molecular flexibility index (Phi) is 4.92. The fraction of sp³-hybridized carbons (Fsp3) is 0.500. The van der Waals surface area contributed by atoms with Crippen LogP contribution in [-0.2, 0) is 4.79 Å². The smallest absolute Gasteiger partial charge is 0.145 e. The van der Waals surface area contributed by atoms with Crippen LogP contribution in [-0.4, -0.2) is 5.78 Å². The van der Waals surface area contributed by atoms with E-state index in [2.05, 4.69) is 27.7 Å². The molecule has 0 heterocycles. The normalized spacial score (nSPS) is 11.8. The Labute approximate surface area is 105 Å². The molecule has 0 spiro atoms. The van der Waals surface area contributed by atoms with Crippen molar-refractivity contribution in [1.29, 1.82) is 0 Å². The molecule has 0 saturated carbocycles. The minimum absolute atomic E-state index is 0.0911. The van der Waals surface area contributed by atoms with Crippen LogP contribution in [0.5, 0.6) is 0 Å². The second-order valence-corrected chi connectivity index (χ2v) is 5.52. The minimum Gasteiger partial charge on any atom is -0.299 e. The quantitative estimate of drug-likeness (QED) is 0.733. The van der Waals surface area contributed by atoms with Crippen molar-refractivity contribution in [3.63, 3.8) is 0 Å². The number of carbonyl (C=O) groups is 1. The van der Waals surface area contributed by atoms with E-state index in [0.717, 1.165) is 24.3 Å². The highest BCUT2D eigenvalue weighted by molar-refractivity contribution is 5.97. The molecule has 93 valence electrons. The predicted molar refractivity (Wildman–Crippen MR) is 72.8 cm³/mol. The standard InChI is InChI=1S/C16H23O/c1-5-6-12-14(17)15(16(2,3)4)13-10-8-7-9-11-13/h7-11H,5-6,12H2,1-4H3. The fourth-order valence-electron chi connectivity index (χ4n) is 2.08. The number of unbranched alkanes of at least 4 members (excludes halogenated alkanes) is 1. The van der Waals surface area contributed by atoms with Crippen molar-refractivity contribution in [2.75, 3.05) is 0 Å². The monoisotopic (exact) mass is 231 g/mol. The first-order valence-corrected chi connectivity index (χ1v) is 6.43. The van der Waals surface area contributed by atoms with Crippen LogP contribution in [0.2, 0.25) is 0 Å². The summed E-state index contributed by atoms with van der Waals surface area (Å²) >= 11 is 0. The number of hydrogen-bond donors (Lipinski definition) is 0. The molecule has 0 aliphatic heterocycles. The third-order valence-electron chi connectivity index (χ3n) is 2.85. The first-order valence-electron chi connectivity index (χ1n) is 6.43. The van der Waals surface area contributed by atoms with Gasteiger partial charge in [0.1, 0.15) is 5.78 Å². The average Bonchev–Trinajstić information content (AvgIpc) is 2.26. The van der Waals surface area contributed by atoms with Gasteiger partial charge in [0, 0.05) is 6.42 Å². The summed E-state index contributed by atoms with van der Waals surface area (Å²) in [7, 11) is 0. The molecule has 1 aromatic rings. The Hall–Kier alpha value is -1.11. The Balaban J connectivity index is 2.94. The number of benzene rings is 1. The zero-order valence-corrected chi connectivity index (χ0v) is 11.4. The lowest BCUT2D eigenvalue weighted by molar-refractivity contribution is -0.118. The van der Waals surface area contributed by atoms with Crippen molar-refractivity contribution >= 4 is 5.78 Å². The summed E-state index contributed by atoms with van der Waals surface area (Å²) in [4.78, 5) is 12.3. The number of hydrogen-bond acceptors (Lipinski definition) is 1. The Bertz CT molecular complexity index is 346. The first-order chi connectivity index (χ1) is 7.96. The molecule has 0 aliphatic rings. The summed E-state index contributed by atoms with van der Waals surface area (Å²) in [6.07, 6.45) is 2.71. The topological polar surface area (TPSA) is 17.1 Å². The lowest BCUT2D eigenvalue weighted by atomic mass is 9.73. The highest BCUT2D eigenvalue weighted by atomic mass is 16.1. The van der Waals surface area contributed by atoms with E-state index in [-0.39, 0.29) is 5.41 Å². The molecule has 0 aromatic heterocycles. The van der Waals surface area contributed by atoms with E-state index in [1.807, 2.05) is 30.3 Å². The number of rotatable bonds is 5. The first kappa shape index (κ1) is 14.0. The molecule has 17 heavy (non-hydrogen) atoms. The highest BCUT2D eigenvalue weighted by Crippen LogP contribution is 2.35. The maximum absolute atomic E-state index is 12.3. The van der Waals surface area contributed by atoms with E-state index in [1.165, 1.54) is 0 Å². The van der Waals surface area contributed by atoms with Gasteiger partial charge in [-0.2, -0.15) is 0 Å². The molecule has 1 rings (SSSR count). The van der Waals surface area contributed by atoms with Gasteiger partial charge in [-0.1, -0.05) is 64.4 Å². The number of ketones is 1. The minimum atomic E-state index is -0.0911. The number of carbonyl (C=O) groups excluding carboxylic acids is 1. The lowest BCUT2D eigenvalue weighted by Gasteiger charge is -2.29. The summed E-state index contributed by atoms with van der Waals surface area (Å²) < 4.78 is 0. The molecule has 0 amide bonds. The summed E-state index contributed by atoms with van der Waals surface area (Å²) in [6, 6.07) is 10.0.